The SMILES string of the molecule is CCOC(=O)C[C@@H](/C=C/CCCCc1ccc2c(n1)NCCC2)c1cnc(C)nc1. The van der Waals surface area contributed by atoms with Gasteiger partial charge in [0.25, 0.3) is 0 Å². The van der Waals surface area contributed by atoms with Crippen LogP contribution in [0.5, 0.6) is 0 Å². The van der Waals surface area contributed by atoms with Crippen LogP contribution in [0.25, 0.3) is 0 Å². The lowest BCUT2D eigenvalue weighted by molar-refractivity contribution is -0.143. The zero-order chi connectivity index (χ0) is 21.2. The lowest BCUT2D eigenvalue weighted by atomic mass is 9.97. The number of aryl methyl sites for hydroxylation is 3. The minimum absolute atomic E-state index is 0.0574. The summed E-state index contributed by atoms with van der Waals surface area (Å²) in [5, 5.41) is 3.40. The summed E-state index contributed by atoms with van der Waals surface area (Å²) in [7, 11) is 0. The largest absolute Gasteiger partial charge is 0.466 e. The van der Waals surface area contributed by atoms with E-state index in [0.29, 0.717) is 13.0 Å². The number of anilines is 1. The summed E-state index contributed by atoms with van der Waals surface area (Å²) in [5.74, 6) is 1.54. The first-order valence-corrected chi connectivity index (χ1v) is 11.0. The fourth-order valence-corrected chi connectivity index (χ4v) is 3.63. The number of carbonyl (C=O) groups excluding carboxylic acids is 1. The Morgan fingerprint density at radius 3 is 2.90 bits per heavy atom. The molecule has 1 aliphatic rings. The third-order valence-corrected chi connectivity index (χ3v) is 5.29. The summed E-state index contributed by atoms with van der Waals surface area (Å²) in [4.78, 5) is 25.3. The second kappa shape index (κ2) is 11.4. The van der Waals surface area contributed by atoms with E-state index in [1.807, 2.05) is 13.8 Å². The van der Waals surface area contributed by atoms with Crippen LogP contribution in [0, 0.1) is 6.92 Å². The van der Waals surface area contributed by atoms with E-state index in [1.165, 1.54) is 12.0 Å². The van der Waals surface area contributed by atoms with Crippen molar-refractivity contribution in [1.82, 2.24) is 15.0 Å². The molecule has 30 heavy (non-hydrogen) atoms. The van der Waals surface area contributed by atoms with Crippen molar-refractivity contribution in [2.75, 3.05) is 18.5 Å². The van der Waals surface area contributed by atoms with E-state index in [4.69, 9.17) is 9.72 Å². The molecule has 0 bridgehead atoms. The molecule has 0 saturated carbocycles. The van der Waals surface area contributed by atoms with Crippen LogP contribution in [0.1, 0.15) is 67.6 Å². The predicted molar refractivity (Wildman–Crippen MR) is 119 cm³/mol. The Bertz CT molecular complexity index is 849. The van der Waals surface area contributed by atoms with Gasteiger partial charge in [0.05, 0.1) is 13.0 Å². The summed E-state index contributed by atoms with van der Waals surface area (Å²) in [6.45, 7) is 5.10. The van der Waals surface area contributed by atoms with Crippen molar-refractivity contribution in [2.24, 2.45) is 0 Å². The van der Waals surface area contributed by atoms with Gasteiger partial charge in [-0.25, -0.2) is 15.0 Å². The first-order valence-electron chi connectivity index (χ1n) is 11.0. The molecule has 2 aromatic heterocycles. The molecule has 0 spiro atoms. The fourth-order valence-electron chi connectivity index (χ4n) is 3.63. The van der Waals surface area contributed by atoms with Crippen molar-refractivity contribution in [1.29, 1.82) is 0 Å². The number of unbranched alkanes of at least 4 members (excludes halogenated alkanes) is 2. The molecule has 1 aliphatic heterocycles. The Morgan fingerprint density at radius 2 is 2.10 bits per heavy atom. The second-order valence-corrected chi connectivity index (χ2v) is 7.69. The number of carbonyl (C=O) groups is 1. The lowest BCUT2D eigenvalue weighted by Crippen LogP contribution is -2.13. The smallest absolute Gasteiger partial charge is 0.306 e. The maximum Gasteiger partial charge on any atom is 0.306 e. The summed E-state index contributed by atoms with van der Waals surface area (Å²) in [5.41, 5.74) is 3.43. The van der Waals surface area contributed by atoms with Gasteiger partial charge in [0.15, 0.2) is 0 Å². The first kappa shape index (κ1) is 21.9. The van der Waals surface area contributed by atoms with Crippen molar-refractivity contribution in [3.8, 4) is 0 Å². The van der Waals surface area contributed by atoms with Crippen LogP contribution >= 0.6 is 0 Å². The predicted octanol–water partition coefficient (Wildman–Crippen LogP) is 4.54. The van der Waals surface area contributed by atoms with Gasteiger partial charge in [-0.05, 0) is 69.6 Å². The molecule has 1 atom stereocenters. The van der Waals surface area contributed by atoms with Gasteiger partial charge in [0.1, 0.15) is 11.6 Å². The second-order valence-electron chi connectivity index (χ2n) is 7.69. The third-order valence-electron chi connectivity index (χ3n) is 5.29. The van der Waals surface area contributed by atoms with Gasteiger partial charge in [-0.2, -0.15) is 0 Å². The molecule has 0 aromatic carbocycles. The number of pyridine rings is 1. The van der Waals surface area contributed by atoms with Crippen LogP contribution in [0.3, 0.4) is 0 Å². The van der Waals surface area contributed by atoms with Crippen molar-refractivity contribution in [2.45, 2.75) is 64.7 Å². The van der Waals surface area contributed by atoms with Crippen LogP contribution in [0.4, 0.5) is 5.82 Å². The number of esters is 1. The van der Waals surface area contributed by atoms with Gasteiger partial charge in [-0.15, -0.1) is 0 Å². The van der Waals surface area contributed by atoms with E-state index in [9.17, 15) is 4.79 Å². The van der Waals surface area contributed by atoms with Gasteiger partial charge in [-0.3, -0.25) is 4.79 Å². The highest BCUT2D eigenvalue weighted by atomic mass is 16.5. The number of nitrogens with zero attached hydrogens (tertiary/aromatic N) is 3. The van der Waals surface area contributed by atoms with Crippen molar-refractivity contribution < 1.29 is 9.53 Å². The van der Waals surface area contributed by atoms with Crippen LogP contribution in [-0.4, -0.2) is 34.1 Å². The molecular weight excluding hydrogens is 376 g/mol. The van der Waals surface area contributed by atoms with Crippen molar-refractivity contribution in [3.63, 3.8) is 0 Å². The number of fused-ring (bicyclic) bond motifs is 1. The summed E-state index contributed by atoms with van der Waals surface area (Å²) in [6.07, 6.45) is 14.6. The Kier molecular flexibility index (Phi) is 8.36. The molecule has 6 nitrogen and oxygen atoms in total. The molecule has 3 rings (SSSR count). The number of allylic oxidation sites excluding steroid dienone is 2. The summed E-state index contributed by atoms with van der Waals surface area (Å²) < 4.78 is 5.13. The Morgan fingerprint density at radius 1 is 1.27 bits per heavy atom. The molecule has 0 unspecified atom stereocenters. The van der Waals surface area contributed by atoms with Gasteiger partial charge in [-0.1, -0.05) is 18.2 Å². The van der Waals surface area contributed by atoms with Gasteiger partial charge in [0.2, 0.25) is 0 Å². The zero-order valence-corrected chi connectivity index (χ0v) is 18.1. The topological polar surface area (TPSA) is 77.0 Å². The van der Waals surface area contributed by atoms with Crippen molar-refractivity contribution in [3.05, 3.63) is 59.3 Å². The van der Waals surface area contributed by atoms with Gasteiger partial charge in [0, 0.05) is 30.6 Å². The number of rotatable bonds is 10. The van der Waals surface area contributed by atoms with E-state index in [1.54, 1.807) is 12.4 Å². The quantitative estimate of drug-likeness (QED) is 0.353. The third kappa shape index (κ3) is 6.65. The summed E-state index contributed by atoms with van der Waals surface area (Å²) in [6, 6.07) is 4.38. The molecule has 160 valence electrons. The van der Waals surface area contributed by atoms with E-state index < -0.39 is 0 Å². The molecular formula is C24H32N4O2. The highest BCUT2D eigenvalue weighted by Gasteiger charge is 2.15. The molecule has 1 N–H and O–H groups in total. The van der Waals surface area contributed by atoms with E-state index in [0.717, 1.165) is 61.5 Å². The highest BCUT2D eigenvalue weighted by Crippen LogP contribution is 2.22. The summed E-state index contributed by atoms with van der Waals surface area (Å²) >= 11 is 0. The lowest BCUT2D eigenvalue weighted by Gasteiger charge is -2.17. The number of hydrogen-bond donors (Lipinski definition) is 1. The number of nitrogens with one attached hydrogen (secondary N) is 1. The maximum absolute atomic E-state index is 12.0. The Balaban J connectivity index is 1.48. The average molecular weight is 409 g/mol. The van der Waals surface area contributed by atoms with Crippen LogP contribution in [0.15, 0.2) is 36.7 Å². The normalized spacial score (nSPS) is 14.2. The Hall–Kier alpha value is -2.76. The standard InChI is InChI=1S/C24H32N4O2/c1-3-30-23(29)15-20(21-16-26-18(2)27-17-21)9-6-4-5-7-11-22-13-12-19-10-8-14-25-24(19)28-22/h6,9,12-13,16-17,20H,3-5,7-8,10-11,14-15H2,1-2H3,(H,25,28)/b9-6+/t20-/m1/s1. The highest BCUT2D eigenvalue weighted by molar-refractivity contribution is 5.71. The van der Waals surface area contributed by atoms with Crippen LogP contribution in [-0.2, 0) is 22.4 Å². The minimum atomic E-state index is -0.195. The molecule has 6 heteroatoms. The maximum atomic E-state index is 12.0. The molecule has 0 aliphatic carbocycles. The first-order chi connectivity index (χ1) is 14.7. The average Bonchev–Trinajstić information content (AvgIpc) is 2.76. The molecule has 0 fully saturated rings. The molecule has 3 heterocycles. The number of ether oxygens (including phenoxy) is 1. The number of hydrogen-bond acceptors (Lipinski definition) is 6. The molecule has 0 radical (unpaired) electrons. The Labute approximate surface area is 179 Å². The monoisotopic (exact) mass is 408 g/mol. The fraction of sp³-hybridized carbons (Fsp3) is 0.500. The van der Waals surface area contributed by atoms with E-state index >= 15 is 0 Å². The van der Waals surface area contributed by atoms with Gasteiger partial charge >= 0.3 is 5.97 Å². The van der Waals surface area contributed by atoms with E-state index in [-0.39, 0.29) is 11.9 Å². The van der Waals surface area contributed by atoms with Gasteiger partial charge < -0.3 is 10.1 Å². The number of aromatic nitrogens is 3. The molecule has 0 amide bonds. The zero-order valence-electron chi connectivity index (χ0n) is 18.1. The molecule has 2 aromatic rings. The van der Waals surface area contributed by atoms with Crippen LogP contribution < -0.4 is 5.32 Å². The van der Waals surface area contributed by atoms with Crippen LogP contribution in [0.2, 0.25) is 0 Å². The van der Waals surface area contributed by atoms with E-state index in [2.05, 4.69) is 39.6 Å². The molecule has 0 saturated heterocycles. The van der Waals surface area contributed by atoms with Crippen molar-refractivity contribution >= 4 is 11.8 Å². The minimum Gasteiger partial charge on any atom is -0.466 e.